The van der Waals surface area contributed by atoms with Gasteiger partial charge in [0.15, 0.2) is 0 Å². The molecule has 0 amide bonds. The molecule has 0 aromatic rings. The Morgan fingerprint density at radius 1 is 0.944 bits per heavy atom. The minimum Gasteiger partial charge on any atom is -0.391 e. The van der Waals surface area contributed by atoms with E-state index in [9.17, 15) is 8.42 Å². The van der Waals surface area contributed by atoms with Crippen LogP contribution in [0.15, 0.2) is 0 Å². The highest BCUT2D eigenvalue weighted by Crippen LogP contribution is 2.11. The minimum atomic E-state index is -3.93. The third-order valence-corrected chi connectivity index (χ3v) is 3.97. The molecular weight excluding hydrogens is 258 g/mol. The van der Waals surface area contributed by atoms with Gasteiger partial charge in [0.1, 0.15) is 13.1 Å². The molecule has 0 unspecified atom stereocenters. The van der Waals surface area contributed by atoms with Crippen LogP contribution in [0.1, 0.15) is 26.2 Å². The van der Waals surface area contributed by atoms with Crippen LogP contribution >= 0.6 is 0 Å². The van der Waals surface area contributed by atoms with Crippen molar-refractivity contribution in [1.82, 2.24) is 0 Å². The van der Waals surface area contributed by atoms with E-state index in [1.165, 1.54) is 0 Å². The second-order valence-electron chi connectivity index (χ2n) is 4.68. The third-order valence-electron chi connectivity index (χ3n) is 3.17. The van der Waals surface area contributed by atoms with Crippen molar-refractivity contribution in [2.45, 2.75) is 26.2 Å². The Balaban J connectivity index is 4.49. The van der Waals surface area contributed by atoms with Gasteiger partial charge >= 0.3 is 0 Å². The van der Waals surface area contributed by atoms with Crippen LogP contribution in [0.2, 0.25) is 0 Å². The largest absolute Gasteiger partial charge is 0.391 e. The summed E-state index contributed by atoms with van der Waals surface area (Å²) in [5, 5.41) is 18.2. The van der Waals surface area contributed by atoms with Crippen LogP contribution in [0.4, 0.5) is 0 Å². The molecular formula is C11H26NO5S+. The quantitative estimate of drug-likeness (QED) is 0.363. The van der Waals surface area contributed by atoms with Gasteiger partial charge in [-0.2, -0.15) is 8.42 Å². The van der Waals surface area contributed by atoms with Gasteiger partial charge in [0.2, 0.25) is 0 Å². The smallest absolute Gasteiger partial charge is 0.265 e. The lowest BCUT2D eigenvalue weighted by Crippen LogP contribution is -2.53. The lowest BCUT2D eigenvalue weighted by atomic mass is 10.2. The standard InChI is InChI=1S/C11H25NO5S/c1-2-3-5-12(7-9-13,8-10-14)6-4-11-18(15,16)17/h13-14H,2-11H2,1H3/p+1. The highest BCUT2D eigenvalue weighted by atomic mass is 32.2. The lowest BCUT2D eigenvalue weighted by molar-refractivity contribution is -0.928. The second-order valence-corrected chi connectivity index (χ2v) is 6.25. The molecule has 0 radical (unpaired) electrons. The van der Waals surface area contributed by atoms with E-state index in [-0.39, 0.29) is 19.0 Å². The molecule has 0 heterocycles. The molecule has 0 rings (SSSR count). The molecule has 3 N–H and O–H groups in total. The van der Waals surface area contributed by atoms with Gasteiger partial charge in [0.05, 0.1) is 32.1 Å². The number of unbranched alkanes of at least 4 members (excludes halogenated alkanes) is 1. The Morgan fingerprint density at radius 3 is 1.83 bits per heavy atom. The van der Waals surface area contributed by atoms with Gasteiger partial charge in [-0.05, 0) is 6.42 Å². The second kappa shape index (κ2) is 8.82. The van der Waals surface area contributed by atoms with Crippen molar-refractivity contribution in [3.8, 4) is 0 Å². The van der Waals surface area contributed by atoms with Crippen LogP contribution in [0.25, 0.3) is 0 Å². The summed E-state index contributed by atoms with van der Waals surface area (Å²) >= 11 is 0. The fourth-order valence-corrected chi connectivity index (χ4v) is 2.66. The Morgan fingerprint density at radius 2 is 1.44 bits per heavy atom. The molecule has 18 heavy (non-hydrogen) atoms. The maximum atomic E-state index is 10.7. The first-order valence-corrected chi connectivity index (χ1v) is 8.02. The van der Waals surface area contributed by atoms with E-state index in [1.54, 1.807) is 0 Å². The summed E-state index contributed by atoms with van der Waals surface area (Å²) in [7, 11) is -3.93. The van der Waals surface area contributed by atoms with E-state index in [0.29, 0.717) is 30.5 Å². The summed E-state index contributed by atoms with van der Waals surface area (Å²) in [6, 6.07) is 0. The van der Waals surface area contributed by atoms with Gasteiger partial charge in [-0.25, -0.2) is 0 Å². The summed E-state index contributed by atoms with van der Waals surface area (Å²) in [6.07, 6.45) is 2.31. The predicted molar refractivity (Wildman–Crippen MR) is 69.8 cm³/mol. The average molecular weight is 284 g/mol. The number of aliphatic hydroxyl groups is 2. The van der Waals surface area contributed by atoms with Crippen molar-refractivity contribution < 1.29 is 27.7 Å². The highest BCUT2D eigenvalue weighted by molar-refractivity contribution is 7.85. The zero-order chi connectivity index (χ0) is 14.1. The van der Waals surface area contributed by atoms with Crippen molar-refractivity contribution in [3.05, 3.63) is 0 Å². The summed E-state index contributed by atoms with van der Waals surface area (Å²) in [5.74, 6) is -0.268. The Hall–Kier alpha value is -0.210. The summed E-state index contributed by atoms with van der Waals surface area (Å²) in [4.78, 5) is 0. The normalized spacial score (nSPS) is 12.9. The number of aliphatic hydroxyl groups excluding tert-OH is 2. The summed E-state index contributed by atoms with van der Waals surface area (Å²) in [5.41, 5.74) is 0. The highest BCUT2D eigenvalue weighted by Gasteiger charge is 2.26. The molecule has 0 aromatic heterocycles. The minimum absolute atomic E-state index is 0.00951. The van der Waals surface area contributed by atoms with Gasteiger partial charge in [-0.15, -0.1) is 0 Å². The Kier molecular flexibility index (Phi) is 8.71. The molecule has 0 aliphatic carbocycles. The van der Waals surface area contributed by atoms with E-state index in [1.807, 2.05) is 0 Å². The zero-order valence-electron chi connectivity index (χ0n) is 11.1. The van der Waals surface area contributed by atoms with E-state index in [2.05, 4.69) is 6.92 Å². The van der Waals surface area contributed by atoms with E-state index in [0.717, 1.165) is 19.4 Å². The number of quaternary nitrogens is 1. The van der Waals surface area contributed by atoms with Crippen LogP contribution in [0, 0.1) is 0 Å². The van der Waals surface area contributed by atoms with Crippen LogP contribution in [0.5, 0.6) is 0 Å². The molecule has 0 atom stereocenters. The molecule has 110 valence electrons. The molecule has 0 saturated carbocycles. The molecule has 0 saturated heterocycles. The number of rotatable bonds is 11. The first kappa shape index (κ1) is 17.8. The number of hydrogen-bond acceptors (Lipinski definition) is 4. The van der Waals surface area contributed by atoms with Crippen LogP contribution in [-0.2, 0) is 10.1 Å². The average Bonchev–Trinajstić information content (AvgIpc) is 2.25. The van der Waals surface area contributed by atoms with Crippen molar-refractivity contribution >= 4 is 10.1 Å². The van der Waals surface area contributed by atoms with E-state index >= 15 is 0 Å². The van der Waals surface area contributed by atoms with Crippen molar-refractivity contribution in [2.75, 3.05) is 45.1 Å². The molecule has 0 aliphatic heterocycles. The van der Waals surface area contributed by atoms with Crippen molar-refractivity contribution in [1.29, 1.82) is 0 Å². The van der Waals surface area contributed by atoms with Gasteiger partial charge in [-0.1, -0.05) is 13.3 Å². The van der Waals surface area contributed by atoms with Gasteiger partial charge < -0.3 is 14.7 Å². The molecule has 0 aliphatic rings. The van der Waals surface area contributed by atoms with E-state index < -0.39 is 10.1 Å². The molecule has 0 bridgehead atoms. The van der Waals surface area contributed by atoms with Gasteiger partial charge in [0, 0.05) is 6.42 Å². The third kappa shape index (κ3) is 7.99. The first-order valence-electron chi connectivity index (χ1n) is 6.41. The van der Waals surface area contributed by atoms with Crippen molar-refractivity contribution in [2.24, 2.45) is 0 Å². The fourth-order valence-electron chi connectivity index (χ4n) is 2.17. The first-order chi connectivity index (χ1) is 8.39. The number of nitrogens with zero attached hydrogens (tertiary/aromatic N) is 1. The van der Waals surface area contributed by atoms with Crippen molar-refractivity contribution in [3.63, 3.8) is 0 Å². The molecule has 7 heteroatoms. The monoisotopic (exact) mass is 284 g/mol. The molecule has 6 nitrogen and oxygen atoms in total. The maximum absolute atomic E-state index is 10.7. The molecule has 0 spiro atoms. The lowest BCUT2D eigenvalue weighted by Gasteiger charge is -2.38. The molecule has 0 fully saturated rings. The maximum Gasteiger partial charge on any atom is 0.265 e. The van der Waals surface area contributed by atoms with Gasteiger partial charge in [-0.3, -0.25) is 4.55 Å². The summed E-state index contributed by atoms with van der Waals surface area (Å²) < 4.78 is 30.6. The summed E-state index contributed by atoms with van der Waals surface area (Å²) in [6.45, 7) is 4.44. The topological polar surface area (TPSA) is 94.8 Å². The van der Waals surface area contributed by atoms with Crippen LogP contribution < -0.4 is 0 Å². The SMILES string of the molecule is CCCC[N+](CCO)(CCO)CCCS(=O)(=O)O. The predicted octanol–water partition coefficient (Wildman–Crippen LogP) is -0.134. The van der Waals surface area contributed by atoms with Gasteiger partial charge in [0.25, 0.3) is 10.1 Å². The van der Waals surface area contributed by atoms with E-state index in [4.69, 9.17) is 14.8 Å². The van der Waals surface area contributed by atoms with Crippen LogP contribution in [-0.4, -0.2) is 72.8 Å². The zero-order valence-corrected chi connectivity index (χ0v) is 11.9. The fraction of sp³-hybridized carbons (Fsp3) is 1.00. The Labute approximate surface area is 110 Å². The number of hydrogen-bond donors (Lipinski definition) is 3. The van der Waals surface area contributed by atoms with Crippen LogP contribution in [0.3, 0.4) is 0 Å². The Bertz CT molecular complexity index is 299. The molecule has 0 aromatic carbocycles.